The maximum atomic E-state index is 14.2. The highest BCUT2D eigenvalue weighted by Gasteiger charge is 2.35. The van der Waals surface area contributed by atoms with Crippen LogP contribution in [0, 0.1) is 23.3 Å². The predicted octanol–water partition coefficient (Wildman–Crippen LogP) is 1.62. The highest BCUT2D eigenvalue weighted by molar-refractivity contribution is 6.06. The molecule has 1 atom stereocenters. The summed E-state index contributed by atoms with van der Waals surface area (Å²) in [5.74, 6) is -11.1. The van der Waals surface area contributed by atoms with Gasteiger partial charge >= 0.3 is 5.97 Å². The molecule has 1 fully saturated rings. The Bertz CT molecular complexity index is 725. The van der Waals surface area contributed by atoms with Crippen LogP contribution in [0.2, 0.25) is 0 Å². The number of carboxylic acids is 1. The predicted molar refractivity (Wildman–Crippen MR) is 77.3 cm³/mol. The standard InChI is InChI=1S/C15H14F4N2O4/c1-6(22)20-7-2-3-21(5-7)15-13(18)11(16)10(12(17)14(15)19)8(23)4-9(24)25/h7H,2-5H2,1H3,(H,20,22)(H,24,25). The number of nitrogens with one attached hydrogen (secondary N) is 1. The van der Waals surface area contributed by atoms with Crippen molar-refractivity contribution >= 4 is 23.3 Å². The van der Waals surface area contributed by atoms with Gasteiger partial charge in [-0.25, -0.2) is 17.6 Å². The molecule has 0 saturated carbocycles. The maximum absolute atomic E-state index is 14.2. The number of anilines is 1. The summed E-state index contributed by atoms with van der Waals surface area (Å²) < 4.78 is 56.6. The summed E-state index contributed by atoms with van der Waals surface area (Å²) in [6.45, 7) is 1.21. The van der Waals surface area contributed by atoms with Crippen molar-refractivity contribution in [2.45, 2.75) is 25.8 Å². The molecule has 0 bridgehead atoms. The largest absolute Gasteiger partial charge is 0.481 e. The minimum Gasteiger partial charge on any atom is -0.481 e. The van der Waals surface area contributed by atoms with Crippen molar-refractivity contribution in [1.82, 2.24) is 5.32 Å². The molecule has 0 spiro atoms. The summed E-state index contributed by atoms with van der Waals surface area (Å²) in [4.78, 5) is 34.1. The summed E-state index contributed by atoms with van der Waals surface area (Å²) in [5, 5.41) is 11.0. The van der Waals surface area contributed by atoms with Gasteiger partial charge in [-0.15, -0.1) is 0 Å². The molecule has 10 heteroatoms. The van der Waals surface area contributed by atoms with E-state index in [9.17, 15) is 31.9 Å². The van der Waals surface area contributed by atoms with Gasteiger partial charge in [0.1, 0.15) is 12.1 Å². The molecule has 2 rings (SSSR count). The Morgan fingerprint density at radius 3 is 2.16 bits per heavy atom. The second-order valence-electron chi connectivity index (χ2n) is 5.61. The molecule has 1 unspecified atom stereocenters. The number of ketones is 1. The van der Waals surface area contributed by atoms with Gasteiger partial charge in [-0.1, -0.05) is 0 Å². The average molecular weight is 362 g/mol. The minimum atomic E-state index is -1.94. The number of nitrogens with zero attached hydrogens (tertiary/aromatic N) is 1. The van der Waals surface area contributed by atoms with Gasteiger partial charge in [0.05, 0.1) is 5.56 Å². The van der Waals surface area contributed by atoms with E-state index in [0.717, 1.165) is 4.90 Å². The molecule has 1 saturated heterocycles. The lowest BCUT2D eigenvalue weighted by atomic mass is 10.0. The number of rotatable bonds is 5. The van der Waals surface area contributed by atoms with Crippen molar-refractivity contribution < 1.29 is 37.1 Å². The van der Waals surface area contributed by atoms with Crippen molar-refractivity contribution in [3.05, 3.63) is 28.8 Å². The van der Waals surface area contributed by atoms with Gasteiger partial charge in [-0.2, -0.15) is 0 Å². The van der Waals surface area contributed by atoms with Gasteiger partial charge in [0, 0.05) is 26.1 Å². The van der Waals surface area contributed by atoms with E-state index in [0.29, 0.717) is 6.42 Å². The number of carbonyl (C=O) groups excluding carboxylic acids is 2. The number of benzene rings is 1. The first-order chi connectivity index (χ1) is 11.6. The molecule has 2 N–H and O–H groups in total. The van der Waals surface area contributed by atoms with E-state index in [1.807, 2.05) is 0 Å². The topological polar surface area (TPSA) is 86.7 Å². The van der Waals surface area contributed by atoms with Crippen LogP contribution >= 0.6 is 0 Å². The van der Waals surface area contributed by atoms with E-state index in [-0.39, 0.29) is 19.0 Å². The molecular formula is C15H14F4N2O4. The summed E-state index contributed by atoms with van der Waals surface area (Å²) in [5.41, 5.74) is -2.55. The first kappa shape index (κ1) is 18.7. The number of carboxylic acid groups (broad SMARTS) is 1. The Balaban J connectivity index is 2.40. The van der Waals surface area contributed by atoms with Crippen molar-refractivity contribution in [3.63, 3.8) is 0 Å². The molecule has 1 aromatic rings. The van der Waals surface area contributed by atoms with Crippen LogP contribution in [0.5, 0.6) is 0 Å². The average Bonchev–Trinajstić information content (AvgIpc) is 2.92. The summed E-state index contributed by atoms with van der Waals surface area (Å²) in [7, 11) is 0. The van der Waals surface area contributed by atoms with Crippen LogP contribution in [0.3, 0.4) is 0 Å². The molecule has 0 aliphatic carbocycles. The zero-order valence-corrected chi connectivity index (χ0v) is 13.0. The minimum absolute atomic E-state index is 0.0279. The zero-order valence-electron chi connectivity index (χ0n) is 13.0. The molecule has 1 heterocycles. The van der Waals surface area contributed by atoms with Crippen molar-refractivity contribution in [1.29, 1.82) is 0 Å². The highest BCUT2D eigenvalue weighted by atomic mass is 19.2. The Morgan fingerprint density at radius 2 is 1.68 bits per heavy atom. The van der Waals surface area contributed by atoms with Gasteiger partial charge in [0.2, 0.25) is 5.91 Å². The monoisotopic (exact) mass is 362 g/mol. The second kappa shape index (κ2) is 7.08. The quantitative estimate of drug-likeness (QED) is 0.360. The van der Waals surface area contributed by atoms with Crippen LogP contribution in [0.1, 0.15) is 30.1 Å². The van der Waals surface area contributed by atoms with E-state index >= 15 is 0 Å². The van der Waals surface area contributed by atoms with E-state index < -0.39 is 58.7 Å². The van der Waals surface area contributed by atoms with E-state index in [2.05, 4.69) is 5.32 Å². The first-order valence-electron chi connectivity index (χ1n) is 7.26. The zero-order chi connectivity index (χ0) is 18.9. The lowest BCUT2D eigenvalue weighted by Gasteiger charge is -2.21. The Labute approximate surface area is 139 Å². The van der Waals surface area contributed by atoms with Gasteiger partial charge in [-0.05, 0) is 6.42 Å². The van der Waals surface area contributed by atoms with Crippen molar-refractivity contribution in [3.8, 4) is 0 Å². The van der Waals surface area contributed by atoms with Gasteiger partial charge in [0.15, 0.2) is 29.1 Å². The first-order valence-corrected chi connectivity index (χ1v) is 7.26. The molecular weight excluding hydrogens is 348 g/mol. The molecule has 6 nitrogen and oxygen atoms in total. The number of halogens is 4. The fourth-order valence-corrected chi connectivity index (χ4v) is 2.74. The lowest BCUT2D eigenvalue weighted by molar-refractivity contribution is -0.136. The van der Waals surface area contributed by atoms with Gasteiger partial charge in [0.25, 0.3) is 0 Å². The van der Waals surface area contributed by atoms with Gasteiger partial charge in [-0.3, -0.25) is 14.4 Å². The number of carbonyl (C=O) groups is 3. The number of Topliss-reactive ketones (excluding diaryl/α,β-unsaturated/α-hetero) is 1. The number of amides is 1. The molecule has 0 radical (unpaired) electrons. The lowest BCUT2D eigenvalue weighted by Crippen LogP contribution is -2.36. The molecule has 1 aliphatic heterocycles. The van der Waals surface area contributed by atoms with Crippen molar-refractivity contribution in [2.24, 2.45) is 0 Å². The van der Waals surface area contributed by atoms with Crippen LogP contribution in [0.4, 0.5) is 23.2 Å². The van der Waals surface area contributed by atoms with Crippen LogP contribution in [-0.4, -0.2) is 41.9 Å². The van der Waals surface area contributed by atoms with E-state index in [4.69, 9.17) is 5.11 Å². The van der Waals surface area contributed by atoms with Crippen LogP contribution in [0.15, 0.2) is 0 Å². The molecule has 1 aromatic carbocycles. The summed E-state index contributed by atoms with van der Waals surface area (Å²) in [6.07, 6.45) is -0.998. The molecule has 136 valence electrons. The fraction of sp³-hybridized carbons (Fsp3) is 0.400. The fourth-order valence-electron chi connectivity index (χ4n) is 2.74. The van der Waals surface area contributed by atoms with Crippen LogP contribution in [0.25, 0.3) is 0 Å². The normalized spacial score (nSPS) is 16.8. The van der Waals surface area contributed by atoms with E-state index in [1.165, 1.54) is 6.92 Å². The second-order valence-corrected chi connectivity index (χ2v) is 5.61. The SMILES string of the molecule is CC(=O)NC1CCN(c2c(F)c(F)c(C(=O)CC(=O)O)c(F)c2F)C1. The molecule has 1 amide bonds. The number of hydrogen-bond donors (Lipinski definition) is 2. The maximum Gasteiger partial charge on any atom is 0.311 e. The third kappa shape index (κ3) is 3.72. The molecule has 0 aromatic heterocycles. The van der Waals surface area contributed by atoms with Crippen LogP contribution < -0.4 is 10.2 Å². The van der Waals surface area contributed by atoms with Crippen molar-refractivity contribution in [2.75, 3.05) is 18.0 Å². The molecule has 1 aliphatic rings. The third-order valence-electron chi connectivity index (χ3n) is 3.74. The Hall–Kier alpha value is -2.65. The highest BCUT2D eigenvalue weighted by Crippen LogP contribution is 2.33. The van der Waals surface area contributed by atoms with Gasteiger partial charge < -0.3 is 15.3 Å². The number of hydrogen-bond acceptors (Lipinski definition) is 4. The summed E-state index contributed by atoms with van der Waals surface area (Å²) >= 11 is 0. The number of aliphatic carboxylic acids is 1. The molecule has 25 heavy (non-hydrogen) atoms. The Kier molecular flexibility index (Phi) is 5.29. The van der Waals surface area contributed by atoms with E-state index in [1.54, 1.807) is 0 Å². The van der Waals surface area contributed by atoms with Crippen LogP contribution in [-0.2, 0) is 9.59 Å². The smallest absolute Gasteiger partial charge is 0.311 e. The Morgan fingerprint density at radius 1 is 1.12 bits per heavy atom. The third-order valence-corrected chi connectivity index (χ3v) is 3.74. The summed E-state index contributed by atoms with van der Waals surface area (Å²) in [6, 6.07) is -0.448.